The van der Waals surface area contributed by atoms with Gasteiger partial charge in [0.15, 0.2) is 11.8 Å². The highest BCUT2D eigenvalue weighted by atomic mass is 19.1. The molecule has 27 heavy (non-hydrogen) atoms. The fourth-order valence-electron chi connectivity index (χ4n) is 2.59. The van der Waals surface area contributed by atoms with Gasteiger partial charge < -0.3 is 15.2 Å². The molecule has 2 N–H and O–H groups in total. The van der Waals surface area contributed by atoms with E-state index in [1.165, 1.54) is 6.07 Å². The van der Waals surface area contributed by atoms with Gasteiger partial charge in [-0.05, 0) is 24.1 Å². The average molecular weight is 375 g/mol. The van der Waals surface area contributed by atoms with E-state index in [2.05, 4.69) is 39.6 Å². The number of rotatable bonds is 8. The van der Waals surface area contributed by atoms with Crippen LogP contribution in [0.4, 0.5) is 4.39 Å². The maximum Gasteiger partial charge on any atom is 0.226 e. The number of benzene rings is 1. The fourth-order valence-corrected chi connectivity index (χ4v) is 2.59. The van der Waals surface area contributed by atoms with Crippen LogP contribution in [0.5, 0.6) is 0 Å². The standard InChI is InChI=1S/C20H30FN5O/c1-14(2)18-25-17(27-26-18)10-7-11-23-19(22-5)24-13-20(3,4)15-8-6-9-16(21)12-15/h6,8-9,12,14H,7,10-11,13H2,1-5H3,(H2,22,23,24). The Morgan fingerprint density at radius 3 is 2.70 bits per heavy atom. The lowest BCUT2D eigenvalue weighted by molar-refractivity contribution is 0.368. The summed E-state index contributed by atoms with van der Waals surface area (Å²) in [6.07, 6.45) is 1.58. The molecule has 2 rings (SSSR count). The molecule has 2 aromatic rings. The van der Waals surface area contributed by atoms with Crippen molar-refractivity contribution < 1.29 is 8.91 Å². The van der Waals surface area contributed by atoms with Gasteiger partial charge in [-0.3, -0.25) is 4.99 Å². The summed E-state index contributed by atoms with van der Waals surface area (Å²) >= 11 is 0. The minimum Gasteiger partial charge on any atom is -0.356 e. The highest BCUT2D eigenvalue weighted by Crippen LogP contribution is 2.22. The molecule has 0 aliphatic heterocycles. The van der Waals surface area contributed by atoms with E-state index in [-0.39, 0.29) is 17.2 Å². The van der Waals surface area contributed by atoms with Crippen LogP contribution in [0.3, 0.4) is 0 Å². The quantitative estimate of drug-likeness (QED) is 0.420. The van der Waals surface area contributed by atoms with Gasteiger partial charge in [0.25, 0.3) is 0 Å². The highest BCUT2D eigenvalue weighted by molar-refractivity contribution is 5.79. The van der Waals surface area contributed by atoms with Gasteiger partial charge in [0.1, 0.15) is 5.82 Å². The van der Waals surface area contributed by atoms with Gasteiger partial charge in [-0.25, -0.2) is 4.39 Å². The summed E-state index contributed by atoms with van der Waals surface area (Å²) in [5.41, 5.74) is 0.722. The normalized spacial score (nSPS) is 12.5. The second-order valence-corrected chi connectivity index (χ2v) is 7.55. The van der Waals surface area contributed by atoms with Crippen molar-refractivity contribution in [2.45, 2.75) is 51.9 Å². The van der Waals surface area contributed by atoms with Crippen molar-refractivity contribution in [2.75, 3.05) is 20.1 Å². The Morgan fingerprint density at radius 2 is 2.07 bits per heavy atom. The lowest BCUT2D eigenvalue weighted by Crippen LogP contribution is -2.43. The van der Waals surface area contributed by atoms with Crippen LogP contribution < -0.4 is 10.6 Å². The van der Waals surface area contributed by atoms with Crippen molar-refractivity contribution in [1.29, 1.82) is 0 Å². The zero-order chi connectivity index (χ0) is 19.9. The Labute approximate surface area is 160 Å². The Morgan fingerprint density at radius 1 is 1.30 bits per heavy atom. The smallest absolute Gasteiger partial charge is 0.226 e. The zero-order valence-corrected chi connectivity index (χ0v) is 16.8. The van der Waals surface area contributed by atoms with Crippen molar-refractivity contribution >= 4 is 5.96 Å². The van der Waals surface area contributed by atoms with E-state index in [1.54, 1.807) is 19.2 Å². The third kappa shape index (κ3) is 6.34. The topological polar surface area (TPSA) is 75.3 Å². The number of hydrogen-bond donors (Lipinski definition) is 2. The number of guanidine groups is 1. The molecule has 1 aromatic heterocycles. The van der Waals surface area contributed by atoms with Crippen LogP contribution in [-0.4, -0.2) is 36.2 Å². The van der Waals surface area contributed by atoms with Gasteiger partial charge in [-0.1, -0.05) is 45.0 Å². The Bertz CT molecular complexity index is 754. The SMILES string of the molecule is CN=C(NCCCc1nc(C(C)C)no1)NCC(C)(C)c1cccc(F)c1. The molecule has 0 bridgehead atoms. The van der Waals surface area contributed by atoms with Crippen LogP contribution in [0.1, 0.15) is 57.3 Å². The van der Waals surface area contributed by atoms with E-state index in [4.69, 9.17) is 4.52 Å². The molecule has 7 heteroatoms. The Hall–Kier alpha value is -2.44. The third-order valence-corrected chi connectivity index (χ3v) is 4.39. The van der Waals surface area contributed by atoms with Crippen LogP contribution >= 0.6 is 0 Å². The van der Waals surface area contributed by atoms with Gasteiger partial charge in [0.2, 0.25) is 5.89 Å². The molecule has 0 spiro atoms. The molecule has 6 nitrogen and oxygen atoms in total. The van der Waals surface area contributed by atoms with E-state index < -0.39 is 0 Å². The number of aryl methyl sites for hydroxylation is 1. The summed E-state index contributed by atoms with van der Waals surface area (Å²) in [5.74, 6) is 2.17. The van der Waals surface area contributed by atoms with Gasteiger partial charge in [0.05, 0.1) is 0 Å². The predicted octanol–water partition coefficient (Wildman–Crippen LogP) is 3.41. The summed E-state index contributed by atoms with van der Waals surface area (Å²) in [5, 5.41) is 10.6. The highest BCUT2D eigenvalue weighted by Gasteiger charge is 2.21. The molecule has 0 aliphatic carbocycles. The van der Waals surface area contributed by atoms with Gasteiger partial charge in [-0.2, -0.15) is 4.98 Å². The first kappa shape index (κ1) is 20.9. The van der Waals surface area contributed by atoms with Gasteiger partial charge in [0, 0.05) is 37.9 Å². The first-order valence-electron chi connectivity index (χ1n) is 9.35. The number of halogens is 1. The van der Waals surface area contributed by atoms with Crippen molar-refractivity contribution in [3.05, 3.63) is 47.4 Å². The van der Waals surface area contributed by atoms with Crippen molar-refractivity contribution in [2.24, 2.45) is 4.99 Å². The number of nitrogens with zero attached hydrogens (tertiary/aromatic N) is 3. The molecular weight excluding hydrogens is 345 g/mol. The molecule has 0 fully saturated rings. The lowest BCUT2D eigenvalue weighted by atomic mass is 9.84. The molecule has 0 radical (unpaired) electrons. The molecule has 0 amide bonds. The number of hydrogen-bond acceptors (Lipinski definition) is 4. The summed E-state index contributed by atoms with van der Waals surface area (Å²) in [7, 11) is 1.73. The van der Waals surface area contributed by atoms with Gasteiger partial charge in [-0.15, -0.1) is 0 Å². The van der Waals surface area contributed by atoms with Crippen LogP contribution in [-0.2, 0) is 11.8 Å². The zero-order valence-electron chi connectivity index (χ0n) is 16.8. The second-order valence-electron chi connectivity index (χ2n) is 7.55. The van der Waals surface area contributed by atoms with Crippen molar-refractivity contribution in [3.8, 4) is 0 Å². The monoisotopic (exact) mass is 375 g/mol. The maximum atomic E-state index is 13.5. The van der Waals surface area contributed by atoms with Crippen molar-refractivity contribution in [3.63, 3.8) is 0 Å². The first-order chi connectivity index (χ1) is 12.8. The molecule has 1 aromatic carbocycles. The van der Waals surface area contributed by atoms with E-state index in [0.29, 0.717) is 18.4 Å². The molecule has 0 unspecified atom stereocenters. The third-order valence-electron chi connectivity index (χ3n) is 4.39. The largest absolute Gasteiger partial charge is 0.356 e. The summed E-state index contributed by atoms with van der Waals surface area (Å²) in [6, 6.07) is 6.72. The summed E-state index contributed by atoms with van der Waals surface area (Å²) in [4.78, 5) is 8.62. The van der Waals surface area contributed by atoms with E-state index in [9.17, 15) is 4.39 Å². The van der Waals surface area contributed by atoms with E-state index in [1.807, 2.05) is 19.9 Å². The first-order valence-corrected chi connectivity index (χ1v) is 9.35. The van der Waals surface area contributed by atoms with Crippen molar-refractivity contribution in [1.82, 2.24) is 20.8 Å². The molecule has 148 valence electrons. The minimum atomic E-state index is -0.225. The van der Waals surface area contributed by atoms with Crippen LogP contribution in [0.25, 0.3) is 0 Å². The second kappa shape index (κ2) is 9.48. The Balaban J connectivity index is 1.76. The molecule has 0 aliphatic rings. The van der Waals surface area contributed by atoms with Crippen LogP contribution in [0, 0.1) is 5.82 Å². The molecular formula is C20H30FN5O. The lowest BCUT2D eigenvalue weighted by Gasteiger charge is -2.26. The van der Waals surface area contributed by atoms with E-state index >= 15 is 0 Å². The maximum absolute atomic E-state index is 13.5. The predicted molar refractivity (Wildman–Crippen MR) is 105 cm³/mol. The summed E-state index contributed by atoms with van der Waals surface area (Å²) < 4.78 is 18.7. The number of aliphatic imine (C=N–C) groups is 1. The number of nitrogens with one attached hydrogen (secondary N) is 2. The van der Waals surface area contributed by atoms with Crippen LogP contribution in [0.2, 0.25) is 0 Å². The Kier molecular flexibility index (Phi) is 7.33. The average Bonchev–Trinajstić information content (AvgIpc) is 3.10. The van der Waals surface area contributed by atoms with Crippen LogP contribution in [0.15, 0.2) is 33.8 Å². The van der Waals surface area contributed by atoms with E-state index in [0.717, 1.165) is 30.8 Å². The molecule has 1 heterocycles. The number of aromatic nitrogens is 2. The molecule has 0 saturated heterocycles. The fraction of sp³-hybridized carbons (Fsp3) is 0.550. The summed E-state index contributed by atoms with van der Waals surface area (Å²) in [6.45, 7) is 9.60. The van der Waals surface area contributed by atoms with Gasteiger partial charge >= 0.3 is 0 Å². The molecule has 0 saturated carbocycles. The minimum absolute atomic E-state index is 0.218. The molecule has 0 atom stereocenters.